The molecule has 3 unspecified atom stereocenters. The van der Waals surface area contributed by atoms with Gasteiger partial charge in [0.05, 0.1) is 11.2 Å². The van der Waals surface area contributed by atoms with Crippen LogP contribution in [-0.4, -0.2) is 70.1 Å². The van der Waals surface area contributed by atoms with Gasteiger partial charge in [-0.1, -0.05) is 20.8 Å². The lowest BCUT2D eigenvalue weighted by atomic mass is 10.00. The summed E-state index contributed by atoms with van der Waals surface area (Å²) < 4.78 is 5.15. The van der Waals surface area contributed by atoms with E-state index in [1.807, 2.05) is 23.5 Å². The highest BCUT2D eigenvalue weighted by Crippen LogP contribution is 2.40. The zero-order chi connectivity index (χ0) is 18.5. The van der Waals surface area contributed by atoms with Crippen LogP contribution in [0.1, 0.15) is 40.5 Å². The zero-order valence-electron chi connectivity index (χ0n) is 16.2. The minimum atomic E-state index is -0.113. The van der Waals surface area contributed by atoms with Crippen LogP contribution in [0.3, 0.4) is 0 Å². The maximum atomic E-state index is 12.2. The SMILES string of the molecule is COC(=O)C1CC(CC(C)(S)SCN(C)C)CN1CSC(C)(C)C. The van der Waals surface area contributed by atoms with Crippen LogP contribution >= 0.6 is 36.2 Å². The van der Waals surface area contributed by atoms with Crippen molar-refractivity contribution >= 4 is 42.1 Å². The van der Waals surface area contributed by atoms with Gasteiger partial charge in [-0.2, -0.15) is 12.6 Å². The van der Waals surface area contributed by atoms with E-state index in [1.54, 1.807) is 0 Å². The summed E-state index contributed by atoms with van der Waals surface area (Å²) in [6.07, 6.45) is 1.87. The topological polar surface area (TPSA) is 32.8 Å². The molecule has 1 aliphatic rings. The lowest BCUT2D eigenvalue weighted by Crippen LogP contribution is -2.37. The van der Waals surface area contributed by atoms with Crippen LogP contribution in [0.15, 0.2) is 0 Å². The molecule has 0 N–H and O–H groups in total. The van der Waals surface area contributed by atoms with E-state index in [-0.39, 0.29) is 20.8 Å². The summed E-state index contributed by atoms with van der Waals surface area (Å²) in [4.78, 5) is 16.6. The Morgan fingerprint density at radius 2 is 1.92 bits per heavy atom. The maximum Gasteiger partial charge on any atom is 0.323 e. The minimum absolute atomic E-state index is 0.0806. The van der Waals surface area contributed by atoms with E-state index in [0.717, 1.165) is 31.1 Å². The first-order valence-electron chi connectivity index (χ1n) is 8.40. The van der Waals surface area contributed by atoms with Crippen molar-refractivity contribution in [2.24, 2.45) is 5.92 Å². The van der Waals surface area contributed by atoms with Crippen LogP contribution in [-0.2, 0) is 9.53 Å². The third-order valence-corrected chi connectivity index (χ3v) is 7.26. The van der Waals surface area contributed by atoms with E-state index in [9.17, 15) is 4.79 Å². The fourth-order valence-corrected chi connectivity index (χ4v) is 4.97. The molecule has 4 nitrogen and oxygen atoms in total. The average molecular weight is 395 g/mol. The number of thioether (sulfide) groups is 2. The van der Waals surface area contributed by atoms with Crippen LogP contribution < -0.4 is 0 Å². The van der Waals surface area contributed by atoms with Crippen molar-refractivity contribution in [3.8, 4) is 0 Å². The van der Waals surface area contributed by atoms with Gasteiger partial charge in [0.25, 0.3) is 0 Å². The predicted octanol–water partition coefficient (Wildman–Crippen LogP) is 3.63. The highest BCUT2D eigenvalue weighted by Gasteiger charge is 2.40. The second-order valence-electron chi connectivity index (χ2n) is 8.03. The molecule has 3 atom stereocenters. The normalized spacial score (nSPS) is 25.0. The van der Waals surface area contributed by atoms with Crippen molar-refractivity contribution in [1.29, 1.82) is 0 Å². The molecule has 0 aromatic carbocycles. The summed E-state index contributed by atoms with van der Waals surface area (Å²) in [5, 5.41) is 0. The molecule has 0 saturated carbocycles. The van der Waals surface area contributed by atoms with Crippen molar-refractivity contribution < 1.29 is 9.53 Å². The number of methoxy groups -OCH3 is 1. The highest BCUT2D eigenvalue weighted by atomic mass is 32.2. The fourth-order valence-electron chi connectivity index (χ4n) is 2.81. The first-order chi connectivity index (χ1) is 10.9. The summed E-state index contributed by atoms with van der Waals surface area (Å²) in [6, 6.07) is -0.113. The Morgan fingerprint density at radius 1 is 1.29 bits per heavy atom. The van der Waals surface area contributed by atoms with Crippen LogP contribution in [0.5, 0.6) is 0 Å². The monoisotopic (exact) mass is 394 g/mol. The molecule has 0 amide bonds. The molecule has 142 valence electrons. The number of carbonyl (C=O) groups excluding carboxylic acids is 1. The number of hydrogen-bond donors (Lipinski definition) is 1. The van der Waals surface area contributed by atoms with Crippen molar-refractivity contribution in [3.05, 3.63) is 0 Å². The van der Waals surface area contributed by atoms with Crippen LogP contribution in [0.2, 0.25) is 0 Å². The van der Waals surface area contributed by atoms with Crippen molar-refractivity contribution in [2.45, 2.75) is 55.4 Å². The Bertz CT molecular complexity index is 411. The number of likely N-dealkylation sites (tertiary alicyclic amines) is 1. The van der Waals surface area contributed by atoms with Gasteiger partial charge >= 0.3 is 5.97 Å². The van der Waals surface area contributed by atoms with Crippen molar-refractivity contribution in [3.63, 3.8) is 0 Å². The molecule has 0 aliphatic carbocycles. The Morgan fingerprint density at radius 3 is 2.42 bits per heavy atom. The molecule has 0 radical (unpaired) electrons. The van der Waals surface area contributed by atoms with Gasteiger partial charge in [-0.15, -0.1) is 23.5 Å². The summed E-state index contributed by atoms with van der Waals surface area (Å²) in [6.45, 7) is 9.76. The molecular weight excluding hydrogens is 360 g/mol. The van der Waals surface area contributed by atoms with E-state index in [4.69, 9.17) is 17.4 Å². The Kier molecular flexibility index (Phi) is 8.80. The first-order valence-corrected chi connectivity index (χ1v) is 10.8. The van der Waals surface area contributed by atoms with Gasteiger partial charge in [-0.25, -0.2) is 0 Å². The zero-order valence-corrected chi connectivity index (χ0v) is 18.7. The average Bonchev–Trinajstić information content (AvgIpc) is 2.83. The van der Waals surface area contributed by atoms with Gasteiger partial charge in [0, 0.05) is 23.0 Å². The molecular formula is C17H34N2O2S3. The smallest absolute Gasteiger partial charge is 0.323 e. The Labute approximate surface area is 162 Å². The third-order valence-electron chi connectivity index (χ3n) is 3.93. The number of nitrogens with zero attached hydrogens (tertiary/aromatic N) is 2. The van der Waals surface area contributed by atoms with Crippen molar-refractivity contribution in [2.75, 3.05) is 39.5 Å². The number of thiol groups is 1. The van der Waals surface area contributed by atoms with Crippen LogP contribution in [0.4, 0.5) is 0 Å². The van der Waals surface area contributed by atoms with Gasteiger partial charge in [0.1, 0.15) is 6.04 Å². The quantitative estimate of drug-likeness (QED) is 0.385. The van der Waals surface area contributed by atoms with E-state index < -0.39 is 0 Å². The summed E-state index contributed by atoms with van der Waals surface area (Å²) >= 11 is 8.61. The largest absolute Gasteiger partial charge is 0.468 e. The summed E-state index contributed by atoms with van der Waals surface area (Å²) in [5.41, 5.74) is 0. The van der Waals surface area contributed by atoms with Gasteiger partial charge in [0.2, 0.25) is 0 Å². The molecule has 1 saturated heterocycles. The molecule has 24 heavy (non-hydrogen) atoms. The maximum absolute atomic E-state index is 12.2. The summed E-state index contributed by atoms with van der Waals surface area (Å²) in [7, 11) is 5.64. The number of carbonyl (C=O) groups is 1. The molecule has 0 spiro atoms. The molecule has 1 rings (SSSR count). The highest BCUT2D eigenvalue weighted by molar-refractivity contribution is 8.11. The van der Waals surface area contributed by atoms with Gasteiger partial charge < -0.3 is 9.64 Å². The van der Waals surface area contributed by atoms with Crippen LogP contribution in [0.25, 0.3) is 0 Å². The van der Waals surface area contributed by atoms with Crippen LogP contribution in [0, 0.1) is 5.92 Å². The number of ether oxygens (including phenoxy) is 1. The van der Waals surface area contributed by atoms with E-state index in [0.29, 0.717) is 5.92 Å². The predicted molar refractivity (Wildman–Crippen MR) is 111 cm³/mol. The first kappa shape index (κ1) is 22.5. The molecule has 0 aromatic heterocycles. The van der Waals surface area contributed by atoms with Crippen molar-refractivity contribution in [1.82, 2.24) is 9.80 Å². The Balaban J connectivity index is 2.66. The summed E-state index contributed by atoms with van der Waals surface area (Å²) in [5.74, 6) is 2.20. The minimum Gasteiger partial charge on any atom is -0.468 e. The van der Waals surface area contributed by atoms with Gasteiger partial charge in [-0.05, 0) is 39.8 Å². The molecule has 0 bridgehead atoms. The van der Waals surface area contributed by atoms with E-state index >= 15 is 0 Å². The lowest BCUT2D eigenvalue weighted by Gasteiger charge is -2.28. The Hall–Kier alpha value is 0.440. The fraction of sp³-hybridized carbons (Fsp3) is 0.941. The van der Waals surface area contributed by atoms with E-state index in [1.165, 1.54) is 7.11 Å². The standard InChI is InChI=1S/C17H34N2O2S3/c1-16(2,3)23-12-19-10-13(8-14(19)15(20)21-7)9-17(4,22)24-11-18(5)6/h13-14,22H,8-12H2,1-7H3. The molecule has 0 aromatic rings. The lowest BCUT2D eigenvalue weighted by molar-refractivity contribution is -0.145. The second-order valence-corrected chi connectivity index (χ2v) is 12.5. The third kappa shape index (κ3) is 8.21. The molecule has 7 heteroatoms. The van der Waals surface area contributed by atoms with Gasteiger partial charge in [0.15, 0.2) is 0 Å². The molecule has 1 fully saturated rings. The molecule has 1 heterocycles. The van der Waals surface area contributed by atoms with E-state index in [2.05, 4.69) is 51.6 Å². The number of rotatable bonds is 8. The second kappa shape index (κ2) is 9.40. The number of esters is 1. The van der Waals surface area contributed by atoms with Gasteiger partial charge in [-0.3, -0.25) is 9.69 Å². The number of hydrogen-bond acceptors (Lipinski definition) is 7. The molecule has 1 aliphatic heterocycles.